The molecule has 0 amide bonds. The van der Waals surface area contributed by atoms with Crippen molar-refractivity contribution >= 4 is 12.6 Å². The molecule has 0 saturated carbocycles. The van der Waals surface area contributed by atoms with Crippen LogP contribution in [0.15, 0.2) is 0 Å². The average Bonchev–Trinajstić information content (AvgIpc) is 1.41. The minimum absolute atomic E-state index is 0. The van der Waals surface area contributed by atoms with E-state index in [-0.39, 0.29) is 19.5 Å². The summed E-state index contributed by atoms with van der Waals surface area (Å²) in [7, 11) is 0. The molecule has 0 aliphatic rings. The van der Waals surface area contributed by atoms with Crippen LogP contribution in [0, 0.1) is 0 Å². The Kier molecular flexibility index (Phi) is 15.7. The van der Waals surface area contributed by atoms with Crippen LogP contribution >= 0.6 is 12.6 Å². The van der Waals surface area contributed by atoms with Crippen LogP contribution in [0.2, 0.25) is 0 Å². The van der Waals surface area contributed by atoms with Gasteiger partial charge in [-0.05, 0) is 12.2 Å². The monoisotopic (exact) mass is 154 g/mol. The van der Waals surface area contributed by atoms with Gasteiger partial charge in [0.05, 0.1) is 0 Å². The van der Waals surface area contributed by atoms with Crippen LogP contribution in [0.4, 0.5) is 0 Å². The van der Waals surface area contributed by atoms with Crippen molar-refractivity contribution in [3.05, 3.63) is 0 Å². The van der Waals surface area contributed by atoms with Gasteiger partial charge in [0.1, 0.15) is 0 Å². The maximum Gasteiger partial charge on any atom is 0 e. The molecule has 0 bridgehead atoms. The molecule has 0 unspecified atom stereocenters. The molecule has 0 atom stereocenters. The molecular formula is C4H10SZn. The van der Waals surface area contributed by atoms with Crippen molar-refractivity contribution in [1.82, 2.24) is 0 Å². The van der Waals surface area contributed by atoms with Gasteiger partial charge in [-0.25, -0.2) is 0 Å². The molecule has 0 fully saturated rings. The van der Waals surface area contributed by atoms with Gasteiger partial charge in [0.25, 0.3) is 0 Å². The van der Waals surface area contributed by atoms with Crippen LogP contribution < -0.4 is 0 Å². The van der Waals surface area contributed by atoms with Crippen molar-refractivity contribution in [1.29, 1.82) is 0 Å². The maximum absolute atomic E-state index is 4.00. The van der Waals surface area contributed by atoms with Gasteiger partial charge in [0, 0.05) is 19.5 Å². The quantitative estimate of drug-likeness (QED) is 0.456. The molecule has 0 aliphatic carbocycles. The summed E-state index contributed by atoms with van der Waals surface area (Å²) in [6, 6.07) is 0. The van der Waals surface area contributed by atoms with Gasteiger partial charge in [-0.15, -0.1) is 0 Å². The molecule has 0 rings (SSSR count). The Morgan fingerprint density at radius 2 is 2.00 bits per heavy atom. The van der Waals surface area contributed by atoms with Crippen LogP contribution in [0.1, 0.15) is 19.8 Å². The topological polar surface area (TPSA) is 0 Å². The van der Waals surface area contributed by atoms with Crippen LogP contribution in [0.25, 0.3) is 0 Å². The third kappa shape index (κ3) is 8.88. The third-order valence-corrected chi connectivity index (χ3v) is 0.828. The average molecular weight is 156 g/mol. The van der Waals surface area contributed by atoms with E-state index >= 15 is 0 Å². The fraction of sp³-hybridized carbons (Fsp3) is 1.00. The first-order valence-corrected chi connectivity index (χ1v) is 2.66. The molecule has 6 heavy (non-hydrogen) atoms. The Hall–Kier alpha value is 0.973. The van der Waals surface area contributed by atoms with Crippen molar-refractivity contribution in [2.24, 2.45) is 0 Å². The molecule has 34 valence electrons. The summed E-state index contributed by atoms with van der Waals surface area (Å²) in [6.07, 6.45) is 2.52. The van der Waals surface area contributed by atoms with Crippen LogP contribution in [-0.4, -0.2) is 5.75 Å². The van der Waals surface area contributed by atoms with Gasteiger partial charge in [0.15, 0.2) is 0 Å². The molecule has 0 nitrogen and oxygen atoms in total. The Bertz CT molecular complexity index is 15.0. The van der Waals surface area contributed by atoms with E-state index in [2.05, 4.69) is 19.6 Å². The normalized spacial score (nSPS) is 7.00. The standard InChI is InChI=1S/C4H10S.Zn/c1-2-3-4-5;/h5H,2-4H2,1H3;. The van der Waals surface area contributed by atoms with Crippen molar-refractivity contribution in [3.63, 3.8) is 0 Å². The predicted octanol–water partition coefficient (Wildman–Crippen LogP) is 1.71. The molecule has 0 aromatic carbocycles. The van der Waals surface area contributed by atoms with E-state index in [1.54, 1.807) is 0 Å². The van der Waals surface area contributed by atoms with E-state index in [4.69, 9.17) is 0 Å². The van der Waals surface area contributed by atoms with Gasteiger partial charge >= 0.3 is 0 Å². The number of rotatable bonds is 2. The van der Waals surface area contributed by atoms with E-state index in [1.165, 1.54) is 12.8 Å². The number of unbranched alkanes of at least 4 members (excludes halogenated alkanes) is 1. The summed E-state index contributed by atoms with van der Waals surface area (Å²) < 4.78 is 0. The van der Waals surface area contributed by atoms with Crippen LogP contribution in [0.5, 0.6) is 0 Å². The fourth-order valence-corrected chi connectivity index (χ4v) is 0.474. The molecule has 0 heterocycles. The van der Waals surface area contributed by atoms with Crippen molar-refractivity contribution in [3.8, 4) is 0 Å². The minimum Gasteiger partial charge on any atom is -0.179 e. The van der Waals surface area contributed by atoms with Crippen LogP contribution in [-0.2, 0) is 19.5 Å². The zero-order chi connectivity index (χ0) is 4.12. The van der Waals surface area contributed by atoms with Gasteiger partial charge < -0.3 is 0 Å². The molecule has 0 aliphatic heterocycles. The Balaban J connectivity index is 0. The third-order valence-electron chi connectivity index (χ3n) is 0.512. The zero-order valence-corrected chi connectivity index (χ0v) is 8.14. The predicted molar refractivity (Wildman–Crippen MR) is 28.8 cm³/mol. The summed E-state index contributed by atoms with van der Waals surface area (Å²) >= 11 is 4.00. The Morgan fingerprint density at radius 1 is 1.50 bits per heavy atom. The molecule has 0 saturated heterocycles. The SMILES string of the molecule is CCCCS.[Zn]. The number of thiol groups is 1. The van der Waals surface area contributed by atoms with Gasteiger partial charge in [0.2, 0.25) is 0 Å². The van der Waals surface area contributed by atoms with E-state index in [0.717, 1.165) is 5.75 Å². The summed E-state index contributed by atoms with van der Waals surface area (Å²) in [5.41, 5.74) is 0. The summed E-state index contributed by atoms with van der Waals surface area (Å²) in [6.45, 7) is 2.16. The summed E-state index contributed by atoms with van der Waals surface area (Å²) in [5.74, 6) is 1.04. The molecule has 0 spiro atoms. The van der Waals surface area contributed by atoms with E-state index < -0.39 is 0 Å². The van der Waals surface area contributed by atoms with E-state index in [1.807, 2.05) is 0 Å². The molecule has 0 radical (unpaired) electrons. The zero-order valence-electron chi connectivity index (χ0n) is 4.28. The molecule has 0 aromatic heterocycles. The van der Waals surface area contributed by atoms with Crippen molar-refractivity contribution in [2.45, 2.75) is 19.8 Å². The Labute approximate surface area is 57.9 Å². The Morgan fingerprint density at radius 3 is 2.00 bits per heavy atom. The van der Waals surface area contributed by atoms with Crippen molar-refractivity contribution < 1.29 is 19.5 Å². The molecule has 2 heteroatoms. The largest absolute Gasteiger partial charge is 0.179 e. The summed E-state index contributed by atoms with van der Waals surface area (Å²) in [5, 5.41) is 0. The molecule has 0 N–H and O–H groups in total. The minimum atomic E-state index is 0. The first kappa shape index (κ1) is 10.1. The first-order chi connectivity index (χ1) is 2.41. The smallest absolute Gasteiger partial charge is 0 e. The van der Waals surface area contributed by atoms with E-state index in [9.17, 15) is 0 Å². The second kappa shape index (κ2) is 9.36. The second-order valence-electron chi connectivity index (χ2n) is 1.08. The number of hydrogen-bond acceptors (Lipinski definition) is 1. The fourth-order valence-electron chi connectivity index (χ4n) is 0.158. The molecule has 0 aromatic rings. The van der Waals surface area contributed by atoms with Crippen LogP contribution in [0.3, 0.4) is 0 Å². The van der Waals surface area contributed by atoms with E-state index in [0.29, 0.717) is 0 Å². The summed E-state index contributed by atoms with van der Waals surface area (Å²) in [4.78, 5) is 0. The van der Waals surface area contributed by atoms with Gasteiger partial charge in [-0.3, -0.25) is 0 Å². The number of hydrogen-bond donors (Lipinski definition) is 1. The maximum atomic E-state index is 4.00. The molecular weight excluding hydrogens is 146 g/mol. The van der Waals surface area contributed by atoms with Gasteiger partial charge in [-0.1, -0.05) is 13.3 Å². The second-order valence-corrected chi connectivity index (χ2v) is 1.52. The van der Waals surface area contributed by atoms with Gasteiger partial charge in [-0.2, -0.15) is 12.6 Å². The first-order valence-electron chi connectivity index (χ1n) is 2.02. The van der Waals surface area contributed by atoms with Crippen molar-refractivity contribution in [2.75, 3.05) is 5.75 Å².